The van der Waals surface area contributed by atoms with Gasteiger partial charge in [-0.2, -0.15) is 0 Å². The van der Waals surface area contributed by atoms with Crippen LogP contribution in [0.3, 0.4) is 0 Å². The zero-order chi connectivity index (χ0) is 17.5. The molecule has 0 aliphatic carbocycles. The molecule has 3 atom stereocenters. The van der Waals surface area contributed by atoms with Gasteiger partial charge in [-0.05, 0) is 52.1 Å². The summed E-state index contributed by atoms with van der Waals surface area (Å²) < 4.78 is 11.1. The smallest absolute Gasteiger partial charge is 0.308 e. The molecule has 1 fully saturated rings. The minimum absolute atomic E-state index is 0.0513. The molecule has 0 bridgehead atoms. The molecule has 1 aliphatic rings. The SMILES string of the molecule is CCN(CC)CCOC(=O)C[C@](C)(O)[C@H]1CCO[C@@](C)(CC)C1. The van der Waals surface area contributed by atoms with Crippen molar-refractivity contribution in [2.24, 2.45) is 5.92 Å². The Morgan fingerprint density at radius 3 is 2.61 bits per heavy atom. The Morgan fingerprint density at radius 2 is 2.04 bits per heavy atom. The summed E-state index contributed by atoms with van der Waals surface area (Å²) in [5.74, 6) is -0.247. The van der Waals surface area contributed by atoms with E-state index in [4.69, 9.17) is 9.47 Å². The number of ether oxygens (including phenoxy) is 2. The van der Waals surface area contributed by atoms with Gasteiger partial charge in [-0.3, -0.25) is 4.79 Å². The molecule has 1 aliphatic heterocycles. The van der Waals surface area contributed by atoms with Gasteiger partial charge >= 0.3 is 5.97 Å². The maximum atomic E-state index is 12.1. The van der Waals surface area contributed by atoms with Crippen molar-refractivity contribution in [2.45, 2.75) is 71.5 Å². The van der Waals surface area contributed by atoms with Crippen molar-refractivity contribution >= 4 is 5.97 Å². The van der Waals surface area contributed by atoms with Crippen LogP contribution in [0.15, 0.2) is 0 Å². The van der Waals surface area contributed by atoms with Gasteiger partial charge < -0.3 is 19.5 Å². The minimum atomic E-state index is -1.04. The van der Waals surface area contributed by atoms with Crippen molar-refractivity contribution in [3.8, 4) is 0 Å². The molecule has 136 valence electrons. The Balaban J connectivity index is 2.45. The number of hydrogen-bond donors (Lipinski definition) is 1. The first-order valence-corrected chi connectivity index (χ1v) is 9.00. The third-order valence-corrected chi connectivity index (χ3v) is 5.29. The molecular formula is C18H35NO4. The fourth-order valence-corrected chi connectivity index (χ4v) is 3.22. The summed E-state index contributed by atoms with van der Waals surface area (Å²) in [5, 5.41) is 10.8. The van der Waals surface area contributed by atoms with E-state index < -0.39 is 5.60 Å². The van der Waals surface area contributed by atoms with Crippen LogP contribution >= 0.6 is 0 Å². The number of esters is 1. The zero-order valence-corrected chi connectivity index (χ0v) is 15.6. The van der Waals surface area contributed by atoms with E-state index in [2.05, 4.69) is 32.6 Å². The molecule has 0 aromatic rings. The molecule has 0 radical (unpaired) electrons. The van der Waals surface area contributed by atoms with Crippen LogP contribution < -0.4 is 0 Å². The second-order valence-corrected chi connectivity index (χ2v) is 7.12. The number of nitrogens with zero attached hydrogens (tertiary/aromatic N) is 1. The highest BCUT2D eigenvalue weighted by Crippen LogP contribution is 2.38. The maximum absolute atomic E-state index is 12.1. The molecular weight excluding hydrogens is 294 g/mol. The molecule has 0 amide bonds. The van der Waals surface area contributed by atoms with Crippen LogP contribution in [0.1, 0.15) is 60.3 Å². The van der Waals surface area contributed by atoms with Gasteiger partial charge in [0.15, 0.2) is 0 Å². The number of hydrogen-bond acceptors (Lipinski definition) is 5. The largest absolute Gasteiger partial charge is 0.464 e. The number of aliphatic hydroxyl groups is 1. The van der Waals surface area contributed by atoms with Gasteiger partial charge in [0.05, 0.1) is 17.6 Å². The molecule has 1 heterocycles. The fraction of sp³-hybridized carbons (Fsp3) is 0.944. The molecule has 5 heteroatoms. The molecule has 0 aromatic carbocycles. The van der Waals surface area contributed by atoms with Crippen LogP contribution in [0.2, 0.25) is 0 Å². The van der Waals surface area contributed by atoms with E-state index in [0.29, 0.717) is 13.2 Å². The summed E-state index contributed by atoms with van der Waals surface area (Å²) in [5.41, 5.74) is -1.23. The van der Waals surface area contributed by atoms with E-state index in [0.717, 1.165) is 38.9 Å². The Morgan fingerprint density at radius 1 is 1.39 bits per heavy atom. The highest BCUT2D eigenvalue weighted by molar-refractivity contribution is 5.70. The number of rotatable bonds is 9. The molecule has 0 spiro atoms. The van der Waals surface area contributed by atoms with Crippen molar-refractivity contribution < 1.29 is 19.4 Å². The number of carbonyl (C=O) groups excluding carboxylic acids is 1. The van der Waals surface area contributed by atoms with Crippen LogP contribution in [0.5, 0.6) is 0 Å². The molecule has 0 unspecified atom stereocenters. The quantitative estimate of drug-likeness (QED) is 0.659. The number of carbonyl (C=O) groups is 1. The summed E-state index contributed by atoms with van der Waals surface area (Å²) in [6, 6.07) is 0. The summed E-state index contributed by atoms with van der Waals surface area (Å²) in [6.45, 7) is 13.8. The second-order valence-electron chi connectivity index (χ2n) is 7.12. The van der Waals surface area contributed by atoms with Crippen LogP contribution in [-0.2, 0) is 14.3 Å². The lowest BCUT2D eigenvalue weighted by atomic mass is 9.75. The Bertz CT molecular complexity index is 368. The normalized spacial score (nSPS) is 27.7. The lowest BCUT2D eigenvalue weighted by Gasteiger charge is -2.43. The van der Waals surface area contributed by atoms with Crippen LogP contribution in [0.4, 0.5) is 0 Å². The van der Waals surface area contributed by atoms with Gasteiger partial charge in [-0.15, -0.1) is 0 Å². The molecule has 1 rings (SSSR count). The zero-order valence-electron chi connectivity index (χ0n) is 15.6. The van der Waals surface area contributed by atoms with Gasteiger partial charge in [-0.1, -0.05) is 20.8 Å². The predicted molar refractivity (Wildman–Crippen MR) is 91.4 cm³/mol. The molecule has 1 saturated heterocycles. The Hall–Kier alpha value is -0.650. The van der Waals surface area contributed by atoms with E-state index >= 15 is 0 Å². The van der Waals surface area contributed by atoms with E-state index in [1.165, 1.54) is 0 Å². The topological polar surface area (TPSA) is 59.0 Å². The second kappa shape index (κ2) is 9.00. The maximum Gasteiger partial charge on any atom is 0.308 e. The lowest BCUT2D eigenvalue weighted by molar-refractivity contribution is -0.160. The first kappa shape index (κ1) is 20.4. The van der Waals surface area contributed by atoms with Crippen LogP contribution in [0, 0.1) is 5.92 Å². The fourth-order valence-electron chi connectivity index (χ4n) is 3.22. The standard InChI is InChI=1S/C18H35NO4/c1-6-17(4)13-15(9-11-23-17)18(5,21)14-16(20)22-12-10-19(7-2)8-3/h15,21H,6-14H2,1-5H3/t15-,17-,18-/m0/s1. The molecule has 0 aromatic heterocycles. The van der Waals surface area contributed by atoms with E-state index in [9.17, 15) is 9.90 Å². The van der Waals surface area contributed by atoms with E-state index in [1.807, 2.05) is 0 Å². The van der Waals surface area contributed by atoms with E-state index in [1.54, 1.807) is 6.92 Å². The first-order valence-electron chi connectivity index (χ1n) is 9.00. The van der Waals surface area contributed by atoms with Gasteiger partial charge in [-0.25, -0.2) is 0 Å². The van der Waals surface area contributed by atoms with Gasteiger partial charge in [0.2, 0.25) is 0 Å². The van der Waals surface area contributed by atoms with Crippen molar-refractivity contribution in [1.29, 1.82) is 0 Å². The molecule has 1 N–H and O–H groups in total. The predicted octanol–water partition coefficient (Wildman–Crippen LogP) is 2.61. The van der Waals surface area contributed by atoms with Gasteiger partial charge in [0, 0.05) is 13.2 Å². The summed E-state index contributed by atoms with van der Waals surface area (Å²) in [7, 11) is 0. The average Bonchev–Trinajstić information content (AvgIpc) is 2.51. The summed E-state index contributed by atoms with van der Waals surface area (Å²) in [4.78, 5) is 14.3. The van der Waals surface area contributed by atoms with Crippen molar-refractivity contribution in [3.05, 3.63) is 0 Å². The molecule has 0 saturated carbocycles. The highest BCUT2D eigenvalue weighted by atomic mass is 16.5. The van der Waals surface area contributed by atoms with E-state index in [-0.39, 0.29) is 23.9 Å². The van der Waals surface area contributed by atoms with Gasteiger partial charge in [0.1, 0.15) is 6.61 Å². The third kappa shape index (κ3) is 6.40. The van der Waals surface area contributed by atoms with Gasteiger partial charge in [0.25, 0.3) is 0 Å². The summed E-state index contributed by atoms with van der Waals surface area (Å²) >= 11 is 0. The van der Waals surface area contributed by atoms with Crippen molar-refractivity contribution in [2.75, 3.05) is 32.8 Å². The highest BCUT2D eigenvalue weighted by Gasteiger charge is 2.42. The lowest BCUT2D eigenvalue weighted by Crippen LogP contribution is -2.46. The Kier molecular flexibility index (Phi) is 7.98. The van der Waals surface area contributed by atoms with Crippen molar-refractivity contribution in [1.82, 2.24) is 4.90 Å². The number of likely N-dealkylation sites (N-methyl/N-ethyl adjacent to an activating group) is 1. The first-order chi connectivity index (χ1) is 10.8. The van der Waals surface area contributed by atoms with Crippen LogP contribution in [-0.4, -0.2) is 60.0 Å². The van der Waals surface area contributed by atoms with Crippen molar-refractivity contribution in [3.63, 3.8) is 0 Å². The monoisotopic (exact) mass is 329 g/mol. The molecule has 5 nitrogen and oxygen atoms in total. The Labute approximate surface area is 141 Å². The molecule has 23 heavy (non-hydrogen) atoms. The minimum Gasteiger partial charge on any atom is -0.464 e. The third-order valence-electron chi connectivity index (χ3n) is 5.29. The summed E-state index contributed by atoms with van der Waals surface area (Å²) in [6.07, 6.45) is 2.53. The van der Waals surface area contributed by atoms with Crippen LogP contribution in [0.25, 0.3) is 0 Å². The average molecular weight is 329 g/mol.